The van der Waals surface area contributed by atoms with Gasteiger partial charge in [-0.3, -0.25) is 9.59 Å². The zero-order valence-electron chi connectivity index (χ0n) is 16.2. The van der Waals surface area contributed by atoms with Gasteiger partial charge in [0.2, 0.25) is 5.91 Å². The maximum Gasteiger partial charge on any atom is 0.336 e. The first-order valence-electron chi connectivity index (χ1n) is 9.34. The number of hydrogen-bond acceptors (Lipinski definition) is 6. The van der Waals surface area contributed by atoms with Crippen LogP contribution in [0.3, 0.4) is 0 Å². The highest BCUT2D eigenvalue weighted by molar-refractivity contribution is 6.31. The van der Waals surface area contributed by atoms with Crippen LogP contribution in [-0.2, 0) is 14.4 Å². The number of amides is 1. The van der Waals surface area contributed by atoms with E-state index in [1.54, 1.807) is 25.2 Å². The molecule has 160 valence electrons. The van der Waals surface area contributed by atoms with Crippen molar-refractivity contribution in [2.75, 3.05) is 43.4 Å². The molecule has 0 aromatic heterocycles. The smallest absolute Gasteiger partial charge is 0.336 e. The second-order valence-corrected chi connectivity index (χ2v) is 7.53. The van der Waals surface area contributed by atoms with Crippen molar-refractivity contribution in [1.82, 2.24) is 4.90 Å². The lowest BCUT2D eigenvalue weighted by Gasteiger charge is -2.30. The number of nitrogens with zero attached hydrogens (tertiary/aromatic N) is 2. The average Bonchev–Trinajstić information content (AvgIpc) is 3.14. The zero-order chi connectivity index (χ0) is 21.6. The number of likely N-dealkylation sites (tertiary alicyclic amines) is 1. The molecule has 29 heavy (non-hydrogen) atoms. The summed E-state index contributed by atoms with van der Waals surface area (Å²) < 4.78 is 0. The quantitative estimate of drug-likeness (QED) is 0.442. The molecule has 0 saturated carbocycles. The monoisotopic (exact) mass is 427 g/mol. The lowest BCUT2D eigenvalue weighted by atomic mass is 9.94. The van der Waals surface area contributed by atoms with E-state index in [1.165, 1.54) is 4.90 Å². The van der Waals surface area contributed by atoms with Gasteiger partial charge >= 0.3 is 11.9 Å². The molecule has 1 aromatic carbocycles. The minimum Gasteiger partial charge on any atom is -0.481 e. The van der Waals surface area contributed by atoms with Crippen LogP contribution in [0.5, 0.6) is 0 Å². The molecule has 1 aliphatic heterocycles. The van der Waals surface area contributed by atoms with Gasteiger partial charge in [0.1, 0.15) is 0 Å². The number of aliphatic hydroxyl groups is 1. The predicted molar refractivity (Wildman–Crippen MR) is 108 cm³/mol. The van der Waals surface area contributed by atoms with Gasteiger partial charge < -0.3 is 30.4 Å². The Morgan fingerprint density at radius 3 is 2.41 bits per heavy atom. The summed E-state index contributed by atoms with van der Waals surface area (Å²) in [5, 5.41) is 31.9. The number of carboxylic acids is 2. The molecule has 1 heterocycles. The Morgan fingerprint density at radius 2 is 1.86 bits per heavy atom. The molecule has 1 unspecified atom stereocenters. The SMILES string of the molecule is CNc1ccc(Cl)cc1N(CCN1CCCC1)C(=O)CC(O)(CC(=O)O)C(=O)O. The van der Waals surface area contributed by atoms with Crippen molar-refractivity contribution in [3.8, 4) is 0 Å². The van der Waals surface area contributed by atoms with E-state index >= 15 is 0 Å². The standard InChI is InChI=1S/C19H26ClN3O6/c1-21-14-5-4-13(20)10-15(14)23(9-8-22-6-2-3-7-22)16(24)11-19(29,18(27)28)12-17(25)26/h4-5,10,21,29H,2-3,6-9,11-12H2,1H3,(H,25,26)(H,27,28). The highest BCUT2D eigenvalue weighted by Crippen LogP contribution is 2.31. The van der Waals surface area contributed by atoms with Crippen molar-refractivity contribution in [3.05, 3.63) is 23.2 Å². The van der Waals surface area contributed by atoms with E-state index in [4.69, 9.17) is 16.7 Å². The summed E-state index contributed by atoms with van der Waals surface area (Å²) in [6, 6.07) is 4.92. The minimum absolute atomic E-state index is 0.247. The van der Waals surface area contributed by atoms with Crippen molar-refractivity contribution in [1.29, 1.82) is 0 Å². The second kappa shape index (κ2) is 9.91. The molecule has 0 radical (unpaired) electrons. The molecular weight excluding hydrogens is 402 g/mol. The number of hydrogen-bond donors (Lipinski definition) is 4. The predicted octanol–water partition coefficient (Wildman–Crippen LogP) is 1.49. The topological polar surface area (TPSA) is 130 Å². The summed E-state index contributed by atoms with van der Waals surface area (Å²) in [4.78, 5) is 39.1. The third kappa shape index (κ3) is 6.06. The van der Waals surface area contributed by atoms with E-state index in [0.29, 0.717) is 22.9 Å². The first kappa shape index (κ1) is 22.9. The fourth-order valence-corrected chi connectivity index (χ4v) is 3.54. The van der Waals surface area contributed by atoms with Gasteiger partial charge in [0.05, 0.1) is 24.2 Å². The molecule has 1 aromatic rings. The first-order chi connectivity index (χ1) is 13.7. The Labute approximate surface area is 173 Å². The van der Waals surface area contributed by atoms with Crippen LogP contribution in [0.4, 0.5) is 11.4 Å². The van der Waals surface area contributed by atoms with Crippen molar-refractivity contribution in [3.63, 3.8) is 0 Å². The first-order valence-corrected chi connectivity index (χ1v) is 9.71. The van der Waals surface area contributed by atoms with Gasteiger partial charge in [-0.2, -0.15) is 0 Å². The second-order valence-electron chi connectivity index (χ2n) is 7.09. The zero-order valence-corrected chi connectivity index (χ0v) is 17.0. The molecule has 1 amide bonds. The fraction of sp³-hybridized carbons (Fsp3) is 0.526. The van der Waals surface area contributed by atoms with Crippen molar-refractivity contribution >= 4 is 40.8 Å². The van der Waals surface area contributed by atoms with Gasteiger partial charge in [0, 0.05) is 25.2 Å². The third-order valence-electron chi connectivity index (χ3n) is 4.94. The van der Waals surface area contributed by atoms with Gasteiger partial charge in [-0.25, -0.2) is 4.79 Å². The molecule has 9 nitrogen and oxygen atoms in total. The van der Waals surface area contributed by atoms with E-state index in [1.807, 2.05) is 0 Å². The van der Waals surface area contributed by atoms with Crippen LogP contribution in [0.2, 0.25) is 5.02 Å². The molecule has 0 bridgehead atoms. The fourth-order valence-electron chi connectivity index (χ4n) is 3.38. The normalized spacial score (nSPS) is 16.2. The lowest BCUT2D eigenvalue weighted by molar-refractivity contribution is -0.167. The van der Waals surface area contributed by atoms with Gasteiger partial charge in [0.25, 0.3) is 0 Å². The molecule has 2 rings (SSSR count). The molecule has 0 spiro atoms. The summed E-state index contributed by atoms with van der Waals surface area (Å²) in [6.07, 6.45) is 0.196. The van der Waals surface area contributed by atoms with Crippen molar-refractivity contribution < 1.29 is 29.7 Å². The molecular formula is C19H26ClN3O6. The number of nitrogens with one attached hydrogen (secondary N) is 1. The average molecular weight is 428 g/mol. The maximum atomic E-state index is 13.0. The summed E-state index contributed by atoms with van der Waals surface area (Å²) >= 11 is 6.10. The molecule has 1 saturated heterocycles. The number of halogens is 1. The number of carbonyl (C=O) groups excluding carboxylic acids is 1. The highest BCUT2D eigenvalue weighted by Gasteiger charge is 2.42. The number of aliphatic carboxylic acids is 2. The van der Waals surface area contributed by atoms with Crippen LogP contribution < -0.4 is 10.2 Å². The largest absolute Gasteiger partial charge is 0.481 e. The lowest BCUT2D eigenvalue weighted by Crippen LogP contribution is -2.47. The summed E-state index contributed by atoms with van der Waals surface area (Å²) in [5.41, 5.74) is -1.67. The Kier molecular flexibility index (Phi) is 7.83. The number of rotatable bonds is 10. The number of carboxylic acid groups (broad SMARTS) is 2. The number of anilines is 2. The Balaban J connectivity index is 2.32. The Bertz CT molecular complexity index is 768. The number of benzene rings is 1. The van der Waals surface area contributed by atoms with Crippen LogP contribution in [0, 0.1) is 0 Å². The van der Waals surface area contributed by atoms with E-state index in [-0.39, 0.29) is 6.54 Å². The van der Waals surface area contributed by atoms with E-state index in [2.05, 4.69) is 10.2 Å². The van der Waals surface area contributed by atoms with Crippen LogP contribution in [0.25, 0.3) is 0 Å². The van der Waals surface area contributed by atoms with Crippen LogP contribution in [0.1, 0.15) is 25.7 Å². The Hall–Kier alpha value is -2.36. The van der Waals surface area contributed by atoms with E-state index in [9.17, 15) is 24.6 Å². The molecule has 1 fully saturated rings. The summed E-state index contributed by atoms with van der Waals surface area (Å²) in [5.74, 6) is -3.97. The van der Waals surface area contributed by atoms with E-state index < -0.39 is 36.3 Å². The molecule has 10 heteroatoms. The number of carbonyl (C=O) groups is 3. The molecule has 1 aliphatic rings. The van der Waals surface area contributed by atoms with E-state index in [0.717, 1.165) is 25.9 Å². The maximum absolute atomic E-state index is 13.0. The Morgan fingerprint density at radius 1 is 1.21 bits per heavy atom. The molecule has 0 aliphatic carbocycles. The van der Waals surface area contributed by atoms with Crippen LogP contribution in [0.15, 0.2) is 18.2 Å². The van der Waals surface area contributed by atoms with Crippen LogP contribution in [-0.4, -0.2) is 76.9 Å². The van der Waals surface area contributed by atoms with Gasteiger partial charge in [-0.05, 0) is 44.1 Å². The third-order valence-corrected chi connectivity index (χ3v) is 5.18. The molecule has 1 atom stereocenters. The minimum atomic E-state index is -2.70. The highest BCUT2D eigenvalue weighted by atomic mass is 35.5. The van der Waals surface area contributed by atoms with Crippen LogP contribution >= 0.6 is 11.6 Å². The van der Waals surface area contributed by atoms with Gasteiger partial charge in [0.15, 0.2) is 5.60 Å². The van der Waals surface area contributed by atoms with Gasteiger partial charge in [-0.1, -0.05) is 11.6 Å². The molecule has 4 N–H and O–H groups in total. The van der Waals surface area contributed by atoms with Gasteiger partial charge in [-0.15, -0.1) is 0 Å². The summed E-state index contributed by atoms with van der Waals surface area (Å²) in [6.45, 7) is 2.63. The van der Waals surface area contributed by atoms with Crippen molar-refractivity contribution in [2.45, 2.75) is 31.3 Å². The summed E-state index contributed by atoms with van der Waals surface area (Å²) in [7, 11) is 1.67. The van der Waals surface area contributed by atoms with Crippen molar-refractivity contribution in [2.24, 2.45) is 0 Å².